The number of anilines is 2. The van der Waals surface area contributed by atoms with Crippen molar-refractivity contribution in [2.24, 2.45) is 11.8 Å². The maximum absolute atomic E-state index is 13.2. The van der Waals surface area contributed by atoms with E-state index in [4.69, 9.17) is 18.1 Å². The van der Waals surface area contributed by atoms with Crippen LogP contribution in [0.5, 0.6) is 0 Å². The molecule has 4 saturated carbocycles. The fourth-order valence-corrected chi connectivity index (χ4v) is 11.9. The number of hydrogen-bond acceptors (Lipinski definition) is 10. The normalized spacial score (nSPS) is 26.1. The number of fused-ring (bicyclic) bond motifs is 4. The highest BCUT2D eigenvalue weighted by atomic mass is 79.9. The van der Waals surface area contributed by atoms with Gasteiger partial charge >= 0.3 is 7.12 Å². The summed E-state index contributed by atoms with van der Waals surface area (Å²) in [5.41, 5.74) is 2.75. The number of carbonyl (C=O) groups excluding carboxylic acids is 2. The third kappa shape index (κ3) is 6.89. The van der Waals surface area contributed by atoms with Crippen LogP contribution in [0.4, 0.5) is 11.4 Å². The Labute approximate surface area is 362 Å². The largest absolute Gasteiger partial charge is 0.497 e. The van der Waals surface area contributed by atoms with Crippen molar-refractivity contribution in [3.63, 3.8) is 0 Å². The van der Waals surface area contributed by atoms with E-state index in [1.165, 1.54) is 35.5 Å². The van der Waals surface area contributed by atoms with E-state index in [0.29, 0.717) is 73.7 Å². The second-order valence-electron chi connectivity index (χ2n) is 18.8. The van der Waals surface area contributed by atoms with Gasteiger partial charge in [-0.15, -0.1) is 0 Å². The van der Waals surface area contributed by atoms with Crippen molar-refractivity contribution >= 4 is 93.4 Å². The standard InChI is InChI=1S/C25H34BNO6S.C19H22BrNO4S/c1-8-19(28)21-16-12-17(26-32-23(2,3)24(4,5)33-26)18(27(6)34(7,29)30)13-20(16)31-22(21)25-11-9-10-15(25)14-25;1-4-15(22)17-12-8-13(20)14(21(2)26(3,23)24)9-16(12)25-18(17)19-7-5-6-11(19)10-19/h12-13,15H,8-11,14H2,1-7H3;8-9,11H,4-7,10H2,1-3H3. The maximum Gasteiger partial charge on any atom is 0.497 e. The number of hydrogen-bond donors (Lipinski definition) is 0. The lowest BCUT2D eigenvalue weighted by Crippen LogP contribution is -2.41. The second kappa shape index (κ2) is 14.4. The Bertz CT molecular complexity index is 2670. The van der Waals surface area contributed by atoms with Crippen LogP contribution in [0.2, 0.25) is 0 Å². The smallest absolute Gasteiger partial charge is 0.460 e. The fourth-order valence-electron chi connectivity index (χ4n) is 10.1. The minimum absolute atomic E-state index is 0.0224. The second-order valence-corrected chi connectivity index (χ2v) is 23.7. The van der Waals surface area contributed by atoms with Gasteiger partial charge < -0.3 is 18.1 Å². The SMILES string of the molecule is CCC(=O)c1c(C23CCCC2C3)oc2cc(N(C)S(C)(=O)=O)c(B3OC(C)(C)C(C)(C)O3)cc12.CCC(=O)c1c(C23CCCC2C3)oc2cc(N(C)S(C)(=O)=O)c(Br)cc12. The topological polar surface area (TPSA) is 154 Å². The van der Waals surface area contributed by atoms with E-state index >= 15 is 0 Å². The Kier molecular flexibility index (Phi) is 10.5. The molecule has 2 aromatic heterocycles. The van der Waals surface area contributed by atoms with Crippen LogP contribution < -0.4 is 14.1 Å². The number of carbonyl (C=O) groups is 2. The van der Waals surface area contributed by atoms with Crippen LogP contribution in [0.3, 0.4) is 0 Å². The van der Waals surface area contributed by atoms with E-state index in [2.05, 4.69) is 15.9 Å². The number of ketones is 2. The summed E-state index contributed by atoms with van der Waals surface area (Å²) in [6.45, 7) is 11.6. The lowest BCUT2D eigenvalue weighted by Gasteiger charge is -2.32. The highest BCUT2D eigenvalue weighted by molar-refractivity contribution is 9.10. The summed E-state index contributed by atoms with van der Waals surface area (Å²) in [7, 11) is -4.72. The molecule has 4 aromatic rings. The van der Waals surface area contributed by atoms with Gasteiger partial charge in [-0.3, -0.25) is 18.2 Å². The van der Waals surface area contributed by atoms with Crippen LogP contribution in [-0.4, -0.2) is 73.3 Å². The molecule has 16 heteroatoms. The average molecular weight is 928 g/mol. The number of benzene rings is 2. The van der Waals surface area contributed by atoms with Crippen LogP contribution in [0.1, 0.15) is 138 Å². The molecule has 0 bridgehead atoms. The van der Waals surface area contributed by atoms with Crippen molar-refractivity contribution in [2.75, 3.05) is 35.2 Å². The predicted octanol–water partition coefficient (Wildman–Crippen LogP) is 8.79. The summed E-state index contributed by atoms with van der Waals surface area (Å²) >= 11 is 3.47. The molecule has 4 aliphatic carbocycles. The summed E-state index contributed by atoms with van der Waals surface area (Å²) in [6, 6.07) is 7.13. The molecule has 4 unspecified atom stereocenters. The van der Waals surface area contributed by atoms with Crippen molar-refractivity contribution in [1.29, 1.82) is 0 Å². The Morgan fingerprint density at radius 2 is 1.13 bits per heavy atom. The zero-order valence-electron chi connectivity index (χ0n) is 36.3. The van der Waals surface area contributed by atoms with Gasteiger partial charge in [-0.05, 0) is 106 Å². The van der Waals surface area contributed by atoms with Gasteiger partial charge in [0.05, 0.1) is 46.2 Å². The molecule has 3 heterocycles. The molecule has 2 aromatic carbocycles. The molecule has 1 saturated heterocycles. The number of sulfonamides is 2. The van der Waals surface area contributed by atoms with Crippen LogP contribution in [-0.2, 0) is 40.2 Å². The van der Waals surface area contributed by atoms with Crippen LogP contribution in [0.15, 0.2) is 37.6 Å². The molecule has 0 radical (unpaired) electrons. The number of nitrogens with zero attached hydrogens (tertiary/aromatic N) is 2. The van der Waals surface area contributed by atoms with Crippen molar-refractivity contribution in [3.8, 4) is 0 Å². The molecule has 5 aliphatic rings. The summed E-state index contributed by atoms with van der Waals surface area (Å²) in [4.78, 5) is 25.9. The van der Waals surface area contributed by atoms with E-state index < -0.39 is 38.4 Å². The first kappa shape index (κ1) is 43.5. The molecule has 324 valence electrons. The number of rotatable bonds is 11. The van der Waals surface area contributed by atoms with Crippen molar-refractivity contribution in [1.82, 2.24) is 0 Å². The van der Waals surface area contributed by atoms with Gasteiger partial charge in [0.15, 0.2) is 11.6 Å². The highest BCUT2D eigenvalue weighted by Gasteiger charge is 2.62. The minimum Gasteiger partial charge on any atom is -0.460 e. The predicted molar refractivity (Wildman–Crippen MR) is 239 cm³/mol. The quantitative estimate of drug-likeness (QED) is 0.105. The maximum atomic E-state index is 13.2. The van der Waals surface area contributed by atoms with Crippen LogP contribution >= 0.6 is 15.9 Å². The van der Waals surface area contributed by atoms with E-state index in [-0.39, 0.29) is 22.4 Å². The Morgan fingerprint density at radius 3 is 1.52 bits per heavy atom. The van der Waals surface area contributed by atoms with Gasteiger partial charge in [-0.1, -0.05) is 26.7 Å². The molecule has 60 heavy (non-hydrogen) atoms. The van der Waals surface area contributed by atoms with Gasteiger partial charge in [0.25, 0.3) is 0 Å². The minimum atomic E-state index is -3.56. The highest BCUT2D eigenvalue weighted by Crippen LogP contribution is 2.67. The van der Waals surface area contributed by atoms with Gasteiger partial charge in [0.1, 0.15) is 22.7 Å². The lowest BCUT2D eigenvalue weighted by atomic mass is 9.76. The average Bonchev–Trinajstić information content (AvgIpc) is 3.61. The van der Waals surface area contributed by atoms with E-state index in [1.54, 1.807) is 12.1 Å². The van der Waals surface area contributed by atoms with Crippen molar-refractivity contribution < 1.29 is 44.6 Å². The summed E-state index contributed by atoms with van der Waals surface area (Å²) < 4.78 is 77.3. The number of furan rings is 2. The monoisotopic (exact) mass is 926 g/mol. The Balaban J connectivity index is 0.000000172. The van der Waals surface area contributed by atoms with Gasteiger partial charge in [-0.2, -0.15) is 0 Å². The molecule has 0 N–H and O–H groups in total. The third-order valence-electron chi connectivity index (χ3n) is 14.7. The molecule has 5 fully saturated rings. The summed E-state index contributed by atoms with van der Waals surface area (Å²) in [5.74, 6) is 2.93. The molecule has 0 amide bonds. The number of Topliss-reactive ketones (excluding diaryl/α,β-unsaturated/α-hetero) is 2. The van der Waals surface area contributed by atoms with Crippen molar-refractivity contribution in [3.05, 3.63) is 51.4 Å². The molecule has 0 spiro atoms. The van der Waals surface area contributed by atoms with E-state index in [0.717, 1.165) is 67.9 Å². The van der Waals surface area contributed by atoms with Crippen molar-refractivity contribution in [2.45, 2.75) is 128 Å². The van der Waals surface area contributed by atoms with E-state index in [1.807, 2.05) is 53.7 Å². The first-order valence-electron chi connectivity index (χ1n) is 21.1. The summed E-state index contributed by atoms with van der Waals surface area (Å²) in [5, 5.41) is 1.49. The zero-order chi connectivity index (χ0) is 43.7. The van der Waals surface area contributed by atoms with E-state index in [9.17, 15) is 26.4 Å². The van der Waals surface area contributed by atoms with Crippen LogP contribution in [0.25, 0.3) is 21.9 Å². The first-order chi connectivity index (χ1) is 27.9. The number of halogens is 1. The Morgan fingerprint density at radius 1 is 0.717 bits per heavy atom. The lowest BCUT2D eigenvalue weighted by molar-refractivity contribution is 0.00578. The molecule has 1 aliphatic heterocycles. The van der Waals surface area contributed by atoms with Gasteiger partial charge in [0.2, 0.25) is 20.0 Å². The molecular weight excluding hydrogens is 871 g/mol. The van der Waals surface area contributed by atoms with Crippen LogP contribution in [0, 0.1) is 11.8 Å². The molecule has 4 atom stereocenters. The zero-order valence-corrected chi connectivity index (χ0v) is 39.5. The summed E-state index contributed by atoms with van der Waals surface area (Å²) in [6.07, 6.45) is 12.0. The van der Waals surface area contributed by atoms with Gasteiger partial charge in [0, 0.05) is 70.6 Å². The Hall–Kier alpha value is -3.18. The molecular formula is C44H56BBrN2O10S2. The molecule has 9 rings (SSSR count). The fraction of sp³-hybridized carbons (Fsp3) is 0.591. The third-order valence-corrected chi connectivity index (χ3v) is 17.7. The first-order valence-corrected chi connectivity index (χ1v) is 25.6. The van der Waals surface area contributed by atoms with Gasteiger partial charge in [-0.25, -0.2) is 16.8 Å². The molecule has 12 nitrogen and oxygen atoms in total.